The zero-order valence-electron chi connectivity index (χ0n) is 10.8. The van der Waals surface area contributed by atoms with E-state index >= 15 is 0 Å². The Bertz CT molecular complexity index is 664. The van der Waals surface area contributed by atoms with Gasteiger partial charge in [-0.15, -0.1) is 0 Å². The van der Waals surface area contributed by atoms with E-state index in [1.165, 1.54) is 12.1 Å². The molecule has 2 rings (SSSR count). The van der Waals surface area contributed by atoms with Gasteiger partial charge in [-0.25, -0.2) is 13.6 Å². The van der Waals surface area contributed by atoms with Crippen LogP contribution in [0.15, 0.2) is 42.5 Å². The Balaban J connectivity index is 2.02. The lowest BCUT2D eigenvalue weighted by Gasteiger charge is -2.06. The molecule has 0 bridgehead atoms. The van der Waals surface area contributed by atoms with Crippen molar-refractivity contribution in [3.8, 4) is 0 Å². The summed E-state index contributed by atoms with van der Waals surface area (Å²) in [6, 6.07) is 8.47. The number of aromatic carboxylic acids is 1. The van der Waals surface area contributed by atoms with Crippen LogP contribution in [0.3, 0.4) is 0 Å². The summed E-state index contributed by atoms with van der Waals surface area (Å²) in [6.07, 6.45) is 0. The van der Waals surface area contributed by atoms with Crippen molar-refractivity contribution in [2.24, 2.45) is 0 Å². The van der Waals surface area contributed by atoms with Crippen molar-refractivity contribution >= 4 is 11.9 Å². The number of nitrogens with one attached hydrogen (secondary N) is 1. The molecule has 0 heterocycles. The number of carbonyl (C=O) groups excluding carboxylic acids is 1. The Morgan fingerprint density at radius 1 is 0.952 bits per heavy atom. The van der Waals surface area contributed by atoms with Gasteiger partial charge in [0.15, 0.2) is 0 Å². The Hall–Kier alpha value is -2.76. The zero-order valence-corrected chi connectivity index (χ0v) is 10.8. The average molecular weight is 291 g/mol. The molecule has 0 fully saturated rings. The van der Waals surface area contributed by atoms with E-state index in [9.17, 15) is 18.4 Å². The number of carbonyl (C=O) groups is 2. The van der Waals surface area contributed by atoms with Gasteiger partial charge in [-0.3, -0.25) is 4.79 Å². The molecule has 4 nitrogen and oxygen atoms in total. The van der Waals surface area contributed by atoms with E-state index in [-0.39, 0.29) is 17.7 Å². The van der Waals surface area contributed by atoms with Crippen LogP contribution in [-0.4, -0.2) is 17.0 Å². The van der Waals surface area contributed by atoms with E-state index in [1.54, 1.807) is 12.1 Å². The fourth-order valence-electron chi connectivity index (χ4n) is 1.73. The Morgan fingerprint density at radius 3 is 2.05 bits per heavy atom. The van der Waals surface area contributed by atoms with Crippen molar-refractivity contribution in [3.63, 3.8) is 0 Å². The number of carboxylic acids is 1. The highest BCUT2D eigenvalue weighted by Crippen LogP contribution is 2.09. The molecule has 0 aliphatic heterocycles. The number of amides is 1. The molecule has 0 saturated heterocycles. The molecular formula is C15H11F2NO3. The highest BCUT2D eigenvalue weighted by molar-refractivity contribution is 5.94. The molecule has 0 unspecified atom stereocenters. The van der Waals surface area contributed by atoms with Crippen LogP contribution in [0.2, 0.25) is 0 Å². The number of benzene rings is 2. The predicted molar refractivity (Wildman–Crippen MR) is 70.9 cm³/mol. The summed E-state index contributed by atoms with van der Waals surface area (Å²) in [4.78, 5) is 22.4. The number of halogens is 2. The van der Waals surface area contributed by atoms with Crippen molar-refractivity contribution in [2.75, 3.05) is 0 Å². The van der Waals surface area contributed by atoms with Crippen molar-refractivity contribution in [1.29, 1.82) is 0 Å². The third-order valence-electron chi connectivity index (χ3n) is 2.78. The van der Waals surface area contributed by atoms with Crippen LogP contribution in [0.4, 0.5) is 8.78 Å². The van der Waals surface area contributed by atoms with Crippen molar-refractivity contribution in [2.45, 2.75) is 6.54 Å². The van der Waals surface area contributed by atoms with Gasteiger partial charge < -0.3 is 10.4 Å². The Morgan fingerprint density at radius 2 is 1.52 bits per heavy atom. The van der Waals surface area contributed by atoms with Gasteiger partial charge in [0.05, 0.1) is 5.56 Å². The lowest BCUT2D eigenvalue weighted by molar-refractivity contribution is 0.0696. The first kappa shape index (κ1) is 14.6. The van der Waals surface area contributed by atoms with Crippen LogP contribution >= 0.6 is 0 Å². The summed E-state index contributed by atoms with van der Waals surface area (Å²) in [5, 5.41) is 11.3. The minimum Gasteiger partial charge on any atom is -0.478 e. The van der Waals surface area contributed by atoms with Gasteiger partial charge >= 0.3 is 5.97 Å². The molecule has 1 amide bonds. The van der Waals surface area contributed by atoms with E-state index in [2.05, 4.69) is 5.32 Å². The van der Waals surface area contributed by atoms with Gasteiger partial charge in [0, 0.05) is 18.2 Å². The molecule has 0 saturated carbocycles. The maximum atomic E-state index is 13.0. The monoisotopic (exact) mass is 291 g/mol. The Kier molecular flexibility index (Phi) is 4.27. The summed E-state index contributed by atoms with van der Waals surface area (Å²) < 4.78 is 26.0. The smallest absolute Gasteiger partial charge is 0.335 e. The molecular weight excluding hydrogens is 280 g/mol. The lowest BCUT2D eigenvalue weighted by atomic mass is 10.1. The summed E-state index contributed by atoms with van der Waals surface area (Å²) in [5.74, 6) is -3.31. The molecule has 0 atom stereocenters. The van der Waals surface area contributed by atoms with Crippen LogP contribution in [0.25, 0.3) is 0 Å². The molecule has 0 aliphatic rings. The average Bonchev–Trinajstić information content (AvgIpc) is 2.44. The SMILES string of the molecule is O=C(O)c1ccc(CNC(=O)c2cc(F)cc(F)c2)cc1. The summed E-state index contributed by atoms with van der Waals surface area (Å²) in [5.41, 5.74) is 0.692. The minimum absolute atomic E-state index is 0.116. The summed E-state index contributed by atoms with van der Waals surface area (Å²) in [6.45, 7) is 0.122. The second-order valence-corrected chi connectivity index (χ2v) is 4.34. The predicted octanol–water partition coefficient (Wildman–Crippen LogP) is 2.59. The van der Waals surface area contributed by atoms with E-state index in [4.69, 9.17) is 5.11 Å². The fourth-order valence-corrected chi connectivity index (χ4v) is 1.73. The number of carboxylic acid groups (broad SMARTS) is 1. The van der Waals surface area contributed by atoms with Gasteiger partial charge in [0.25, 0.3) is 5.91 Å². The highest BCUT2D eigenvalue weighted by Gasteiger charge is 2.09. The molecule has 2 N–H and O–H groups in total. The molecule has 6 heteroatoms. The van der Waals surface area contributed by atoms with E-state index in [0.717, 1.165) is 12.1 Å². The van der Waals surface area contributed by atoms with Crippen molar-refractivity contribution < 1.29 is 23.5 Å². The van der Waals surface area contributed by atoms with Crippen LogP contribution < -0.4 is 5.32 Å². The van der Waals surface area contributed by atoms with E-state index in [0.29, 0.717) is 11.6 Å². The number of hydrogen-bond acceptors (Lipinski definition) is 2. The molecule has 2 aromatic carbocycles. The third-order valence-corrected chi connectivity index (χ3v) is 2.78. The van der Waals surface area contributed by atoms with Gasteiger partial charge in [-0.05, 0) is 29.8 Å². The first-order valence-corrected chi connectivity index (χ1v) is 6.02. The number of hydrogen-bond donors (Lipinski definition) is 2. The Labute approximate surface area is 119 Å². The van der Waals surface area contributed by atoms with Crippen LogP contribution in [0.1, 0.15) is 26.3 Å². The fraction of sp³-hybridized carbons (Fsp3) is 0.0667. The molecule has 0 radical (unpaired) electrons. The molecule has 108 valence electrons. The molecule has 21 heavy (non-hydrogen) atoms. The van der Waals surface area contributed by atoms with Crippen LogP contribution in [0.5, 0.6) is 0 Å². The standard InChI is InChI=1S/C15H11F2NO3/c16-12-5-11(6-13(17)7-12)14(19)18-8-9-1-3-10(4-2-9)15(20)21/h1-7H,8H2,(H,18,19)(H,20,21). The van der Waals surface area contributed by atoms with Crippen molar-refractivity contribution in [1.82, 2.24) is 5.32 Å². The normalized spacial score (nSPS) is 10.2. The zero-order chi connectivity index (χ0) is 15.4. The van der Waals surface area contributed by atoms with Gasteiger partial charge in [0.1, 0.15) is 11.6 Å². The summed E-state index contributed by atoms with van der Waals surface area (Å²) in [7, 11) is 0. The quantitative estimate of drug-likeness (QED) is 0.910. The second kappa shape index (κ2) is 6.13. The largest absolute Gasteiger partial charge is 0.478 e. The van der Waals surface area contributed by atoms with Crippen molar-refractivity contribution in [3.05, 3.63) is 70.8 Å². The number of rotatable bonds is 4. The summed E-state index contributed by atoms with van der Waals surface area (Å²) >= 11 is 0. The molecule has 0 aromatic heterocycles. The highest BCUT2D eigenvalue weighted by atomic mass is 19.1. The second-order valence-electron chi connectivity index (χ2n) is 4.34. The third kappa shape index (κ3) is 3.85. The van der Waals surface area contributed by atoms with Gasteiger partial charge in [-0.2, -0.15) is 0 Å². The molecule has 0 spiro atoms. The van der Waals surface area contributed by atoms with Gasteiger partial charge in [0.2, 0.25) is 0 Å². The topological polar surface area (TPSA) is 66.4 Å². The van der Waals surface area contributed by atoms with Crippen LogP contribution in [-0.2, 0) is 6.54 Å². The maximum absolute atomic E-state index is 13.0. The van der Waals surface area contributed by atoms with E-state index < -0.39 is 23.5 Å². The molecule has 2 aromatic rings. The minimum atomic E-state index is -1.04. The molecule has 0 aliphatic carbocycles. The lowest BCUT2D eigenvalue weighted by Crippen LogP contribution is -2.23. The van der Waals surface area contributed by atoms with Gasteiger partial charge in [-0.1, -0.05) is 12.1 Å². The van der Waals surface area contributed by atoms with Crippen LogP contribution in [0, 0.1) is 11.6 Å². The first-order chi connectivity index (χ1) is 9.95. The first-order valence-electron chi connectivity index (χ1n) is 6.02. The maximum Gasteiger partial charge on any atom is 0.335 e. The van der Waals surface area contributed by atoms with E-state index in [1.807, 2.05) is 0 Å².